The van der Waals surface area contributed by atoms with E-state index in [-0.39, 0.29) is 0 Å². The van der Waals surface area contributed by atoms with Crippen molar-refractivity contribution in [3.63, 3.8) is 0 Å². The molecule has 0 aromatic carbocycles. The van der Waals surface area contributed by atoms with Gasteiger partial charge in [-0.05, 0) is 38.0 Å². The Hall–Kier alpha value is -0.330. The van der Waals surface area contributed by atoms with Gasteiger partial charge >= 0.3 is 0 Å². The third kappa shape index (κ3) is 0.882. The molecule has 0 atom stereocenters. The third-order valence-electron chi connectivity index (χ3n) is 3.07. The Morgan fingerprint density at radius 1 is 1.30 bits per heavy atom. The van der Waals surface area contributed by atoms with Gasteiger partial charge < -0.3 is 0 Å². The maximum absolute atomic E-state index is 4.42. The summed E-state index contributed by atoms with van der Waals surface area (Å²) in [5, 5.41) is 0. The molecule has 0 bridgehead atoms. The Kier molecular flexibility index (Phi) is 1.33. The zero-order chi connectivity index (χ0) is 7.03. The van der Waals surface area contributed by atoms with Gasteiger partial charge in [0.15, 0.2) is 0 Å². The molecule has 0 amide bonds. The Labute approximate surface area is 62.5 Å². The molecule has 0 radical (unpaired) electrons. The van der Waals surface area contributed by atoms with Gasteiger partial charge in [0.25, 0.3) is 0 Å². The van der Waals surface area contributed by atoms with Gasteiger partial charge in [0.2, 0.25) is 0 Å². The summed E-state index contributed by atoms with van der Waals surface area (Å²) < 4.78 is 0. The molecule has 0 aromatic heterocycles. The summed E-state index contributed by atoms with van der Waals surface area (Å²) in [6.07, 6.45) is 7.07. The van der Waals surface area contributed by atoms with Gasteiger partial charge in [-0.2, -0.15) is 0 Å². The van der Waals surface area contributed by atoms with E-state index in [1.165, 1.54) is 37.8 Å². The summed E-state index contributed by atoms with van der Waals surface area (Å²) in [4.78, 5) is 4.42. The highest BCUT2D eigenvalue weighted by atomic mass is 14.8. The summed E-state index contributed by atoms with van der Waals surface area (Å²) in [5.41, 5.74) is 2.14. The average Bonchev–Trinajstić information content (AvgIpc) is 1.85. The number of nitrogens with zero attached hydrogens (tertiary/aromatic N) is 1. The van der Waals surface area contributed by atoms with Crippen molar-refractivity contribution < 1.29 is 0 Å². The lowest BCUT2D eigenvalue weighted by molar-refractivity contribution is 0.127. The van der Waals surface area contributed by atoms with E-state index in [4.69, 9.17) is 0 Å². The normalized spacial score (nSPS) is 29.5. The molecular formula is C9H15N. The lowest BCUT2D eigenvalue weighted by Gasteiger charge is -2.43. The Balaban J connectivity index is 2.07. The third-order valence-corrected chi connectivity index (χ3v) is 3.07. The van der Waals surface area contributed by atoms with Gasteiger partial charge in [0.1, 0.15) is 0 Å². The van der Waals surface area contributed by atoms with Crippen LogP contribution in [-0.2, 0) is 0 Å². The van der Waals surface area contributed by atoms with Crippen molar-refractivity contribution >= 4 is 5.71 Å². The maximum Gasteiger partial charge on any atom is 0.0393 e. The minimum absolute atomic E-state index is 0.742. The molecule has 1 heteroatoms. The molecule has 2 rings (SSSR count). The summed E-state index contributed by atoms with van der Waals surface area (Å²) in [6.45, 7) is 3.28. The summed E-state index contributed by atoms with van der Waals surface area (Å²) in [6, 6.07) is 0. The van der Waals surface area contributed by atoms with Gasteiger partial charge in [-0.1, -0.05) is 6.42 Å². The average molecular weight is 137 g/mol. The van der Waals surface area contributed by atoms with Crippen molar-refractivity contribution in [1.29, 1.82) is 0 Å². The standard InChI is InChI=1S/C9H15N/c1-8-7-9(3-2-4-9)5-6-10-8/h2-7H2,1H3. The summed E-state index contributed by atoms with van der Waals surface area (Å²) in [5.74, 6) is 0. The van der Waals surface area contributed by atoms with E-state index in [1.807, 2.05) is 0 Å². The molecular weight excluding hydrogens is 122 g/mol. The van der Waals surface area contributed by atoms with E-state index in [2.05, 4.69) is 11.9 Å². The quantitative estimate of drug-likeness (QED) is 0.486. The first kappa shape index (κ1) is 6.38. The zero-order valence-corrected chi connectivity index (χ0v) is 6.69. The minimum atomic E-state index is 0.742. The molecule has 0 unspecified atom stereocenters. The van der Waals surface area contributed by atoms with E-state index >= 15 is 0 Å². The molecule has 1 aliphatic heterocycles. The molecule has 1 aliphatic carbocycles. The Morgan fingerprint density at radius 2 is 2.10 bits per heavy atom. The van der Waals surface area contributed by atoms with Crippen molar-refractivity contribution in [2.75, 3.05) is 6.54 Å². The highest BCUT2D eigenvalue weighted by Crippen LogP contribution is 2.48. The van der Waals surface area contributed by atoms with Crippen LogP contribution in [0.4, 0.5) is 0 Å². The van der Waals surface area contributed by atoms with E-state index in [1.54, 1.807) is 0 Å². The monoisotopic (exact) mass is 137 g/mol. The number of rotatable bonds is 0. The largest absolute Gasteiger partial charge is 0.294 e. The fourth-order valence-electron chi connectivity index (χ4n) is 2.27. The fraction of sp³-hybridized carbons (Fsp3) is 0.889. The van der Waals surface area contributed by atoms with E-state index in [9.17, 15) is 0 Å². The number of hydrogen-bond donors (Lipinski definition) is 0. The van der Waals surface area contributed by atoms with Gasteiger partial charge in [-0.25, -0.2) is 0 Å². The van der Waals surface area contributed by atoms with Crippen LogP contribution in [0.1, 0.15) is 39.0 Å². The van der Waals surface area contributed by atoms with Gasteiger partial charge in [0, 0.05) is 12.3 Å². The highest BCUT2D eigenvalue weighted by Gasteiger charge is 2.38. The molecule has 1 spiro atoms. The lowest BCUT2D eigenvalue weighted by Crippen LogP contribution is -2.34. The molecule has 10 heavy (non-hydrogen) atoms. The highest BCUT2D eigenvalue weighted by molar-refractivity contribution is 5.83. The molecule has 0 saturated heterocycles. The first-order chi connectivity index (χ1) is 4.81. The van der Waals surface area contributed by atoms with Crippen molar-refractivity contribution in [3.05, 3.63) is 0 Å². The van der Waals surface area contributed by atoms with Crippen LogP contribution in [0, 0.1) is 5.41 Å². The van der Waals surface area contributed by atoms with Crippen LogP contribution in [0.3, 0.4) is 0 Å². The Morgan fingerprint density at radius 3 is 2.50 bits per heavy atom. The number of aliphatic imine (C=N–C) groups is 1. The van der Waals surface area contributed by atoms with Crippen LogP contribution in [0.15, 0.2) is 4.99 Å². The van der Waals surface area contributed by atoms with Crippen molar-refractivity contribution in [3.8, 4) is 0 Å². The van der Waals surface area contributed by atoms with Crippen LogP contribution < -0.4 is 0 Å². The molecule has 56 valence electrons. The van der Waals surface area contributed by atoms with Gasteiger partial charge in [-0.15, -0.1) is 0 Å². The summed E-state index contributed by atoms with van der Waals surface area (Å²) in [7, 11) is 0. The number of hydrogen-bond acceptors (Lipinski definition) is 1. The molecule has 0 aromatic rings. The van der Waals surface area contributed by atoms with Crippen LogP contribution in [-0.4, -0.2) is 12.3 Å². The SMILES string of the molecule is CC1=NCCC2(CCC2)C1. The molecule has 2 aliphatic rings. The molecule has 1 saturated carbocycles. The van der Waals surface area contributed by atoms with Crippen LogP contribution in [0.5, 0.6) is 0 Å². The van der Waals surface area contributed by atoms with Crippen LogP contribution >= 0.6 is 0 Å². The predicted molar refractivity (Wildman–Crippen MR) is 43.5 cm³/mol. The van der Waals surface area contributed by atoms with E-state index in [0.717, 1.165) is 12.0 Å². The second-order valence-electron chi connectivity index (χ2n) is 3.90. The molecule has 1 heterocycles. The first-order valence-corrected chi connectivity index (χ1v) is 4.31. The van der Waals surface area contributed by atoms with Gasteiger partial charge in [0.05, 0.1) is 0 Å². The second-order valence-corrected chi connectivity index (χ2v) is 3.90. The summed E-state index contributed by atoms with van der Waals surface area (Å²) >= 11 is 0. The first-order valence-electron chi connectivity index (χ1n) is 4.31. The second kappa shape index (κ2) is 2.08. The predicted octanol–water partition coefficient (Wildman–Crippen LogP) is 2.41. The molecule has 1 fully saturated rings. The minimum Gasteiger partial charge on any atom is -0.294 e. The topological polar surface area (TPSA) is 12.4 Å². The smallest absolute Gasteiger partial charge is 0.0393 e. The fourth-order valence-corrected chi connectivity index (χ4v) is 2.27. The maximum atomic E-state index is 4.42. The Bertz CT molecular complexity index is 166. The van der Waals surface area contributed by atoms with Crippen LogP contribution in [0.25, 0.3) is 0 Å². The van der Waals surface area contributed by atoms with Crippen molar-refractivity contribution in [2.45, 2.75) is 39.0 Å². The van der Waals surface area contributed by atoms with Gasteiger partial charge in [-0.3, -0.25) is 4.99 Å². The molecule has 1 nitrogen and oxygen atoms in total. The zero-order valence-electron chi connectivity index (χ0n) is 6.69. The molecule has 0 N–H and O–H groups in total. The van der Waals surface area contributed by atoms with Crippen LogP contribution in [0.2, 0.25) is 0 Å². The van der Waals surface area contributed by atoms with E-state index < -0.39 is 0 Å². The van der Waals surface area contributed by atoms with Crippen molar-refractivity contribution in [1.82, 2.24) is 0 Å². The van der Waals surface area contributed by atoms with E-state index in [0.29, 0.717) is 0 Å². The lowest BCUT2D eigenvalue weighted by atomic mass is 9.63. The van der Waals surface area contributed by atoms with Crippen molar-refractivity contribution in [2.24, 2.45) is 10.4 Å².